The van der Waals surface area contributed by atoms with Crippen molar-refractivity contribution in [2.24, 2.45) is 0 Å². The van der Waals surface area contributed by atoms with Crippen molar-refractivity contribution in [1.82, 2.24) is 15.4 Å². The van der Waals surface area contributed by atoms with Crippen molar-refractivity contribution in [2.75, 3.05) is 10.6 Å². The molecule has 0 aliphatic carbocycles. The van der Waals surface area contributed by atoms with E-state index in [2.05, 4.69) is 26.0 Å². The minimum Gasteiger partial charge on any atom is -0.350 e. The second-order valence-electron chi connectivity index (χ2n) is 6.57. The average Bonchev–Trinajstić information content (AvgIpc) is 3.26. The summed E-state index contributed by atoms with van der Waals surface area (Å²) in [5.41, 5.74) is 3.88. The van der Waals surface area contributed by atoms with E-state index in [0.717, 1.165) is 16.8 Å². The lowest BCUT2D eigenvalue weighted by Crippen LogP contribution is -2.35. The van der Waals surface area contributed by atoms with E-state index in [9.17, 15) is 9.59 Å². The van der Waals surface area contributed by atoms with Crippen LogP contribution >= 0.6 is 0 Å². The molecule has 29 heavy (non-hydrogen) atoms. The fourth-order valence-electron chi connectivity index (χ4n) is 3.33. The van der Waals surface area contributed by atoms with E-state index in [4.69, 9.17) is 0 Å². The molecule has 0 unspecified atom stereocenters. The summed E-state index contributed by atoms with van der Waals surface area (Å²) in [5, 5.41) is 16.9. The number of H-pyrrole nitrogens is 1. The van der Waals surface area contributed by atoms with Crippen LogP contribution in [0.5, 0.6) is 0 Å². The maximum atomic E-state index is 12.3. The van der Waals surface area contributed by atoms with E-state index in [0.29, 0.717) is 16.7 Å². The van der Waals surface area contributed by atoms with Gasteiger partial charge < -0.3 is 10.6 Å². The normalized spacial score (nSPS) is 11.0. The lowest BCUT2D eigenvalue weighted by atomic mass is 10.0. The standard InChI is InChI=1S/C22H15N5O2/c28-21-19(23-15-10-5-4-9-14(15)13-7-2-1-3-8-13)20(22(21)29)24-16-11-6-12-17-18(16)26-27-25-17/h1-12,23-24H,(H,25,26,27). The van der Waals surface area contributed by atoms with Crippen LogP contribution in [0.4, 0.5) is 22.7 Å². The summed E-state index contributed by atoms with van der Waals surface area (Å²) >= 11 is 0. The smallest absolute Gasteiger partial charge is 0.253 e. The Labute approximate surface area is 164 Å². The minimum atomic E-state index is -0.565. The highest BCUT2D eigenvalue weighted by Gasteiger charge is 2.23. The Morgan fingerprint density at radius 1 is 0.655 bits per heavy atom. The van der Waals surface area contributed by atoms with Gasteiger partial charge >= 0.3 is 0 Å². The molecule has 1 heterocycles. The lowest BCUT2D eigenvalue weighted by molar-refractivity contribution is 0.959. The van der Waals surface area contributed by atoms with Crippen LogP contribution in [-0.4, -0.2) is 15.4 Å². The van der Waals surface area contributed by atoms with Crippen LogP contribution in [0.1, 0.15) is 0 Å². The van der Waals surface area contributed by atoms with E-state index in [1.165, 1.54) is 0 Å². The Morgan fingerprint density at radius 2 is 1.31 bits per heavy atom. The van der Waals surface area contributed by atoms with E-state index < -0.39 is 10.9 Å². The Bertz CT molecular complexity index is 1400. The topological polar surface area (TPSA) is 99.8 Å². The molecule has 0 aliphatic rings. The molecule has 0 atom stereocenters. The molecule has 7 heteroatoms. The number of aromatic nitrogens is 3. The van der Waals surface area contributed by atoms with Gasteiger partial charge in [-0.15, -0.1) is 0 Å². The van der Waals surface area contributed by atoms with Gasteiger partial charge in [-0.05, 0) is 23.8 Å². The van der Waals surface area contributed by atoms with Gasteiger partial charge in [0.25, 0.3) is 10.9 Å². The third-order valence-electron chi connectivity index (χ3n) is 4.79. The van der Waals surface area contributed by atoms with Crippen molar-refractivity contribution in [2.45, 2.75) is 0 Å². The van der Waals surface area contributed by atoms with Crippen molar-refractivity contribution in [1.29, 1.82) is 0 Å². The number of para-hydroxylation sites is 2. The molecule has 140 valence electrons. The molecule has 0 bridgehead atoms. The molecule has 0 saturated carbocycles. The van der Waals surface area contributed by atoms with Crippen LogP contribution in [0.2, 0.25) is 0 Å². The predicted octanol–water partition coefficient (Wildman–Crippen LogP) is 3.71. The van der Waals surface area contributed by atoms with E-state index in [1.54, 1.807) is 18.2 Å². The molecule has 4 aromatic carbocycles. The van der Waals surface area contributed by atoms with Crippen molar-refractivity contribution in [3.8, 4) is 11.1 Å². The number of benzene rings is 3. The maximum absolute atomic E-state index is 12.3. The van der Waals surface area contributed by atoms with Gasteiger partial charge in [-0.1, -0.05) is 54.6 Å². The molecule has 0 fully saturated rings. The number of aromatic amines is 1. The quantitative estimate of drug-likeness (QED) is 0.401. The Morgan fingerprint density at radius 3 is 2.10 bits per heavy atom. The molecular weight excluding hydrogens is 366 g/mol. The van der Waals surface area contributed by atoms with E-state index in [1.807, 2.05) is 54.6 Å². The average molecular weight is 381 g/mol. The van der Waals surface area contributed by atoms with Crippen molar-refractivity contribution in [3.05, 3.63) is 93.2 Å². The highest BCUT2D eigenvalue weighted by molar-refractivity contribution is 5.93. The molecule has 1 aromatic heterocycles. The van der Waals surface area contributed by atoms with Gasteiger partial charge in [-0.3, -0.25) is 9.59 Å². The zero-order chi connectivity index (χ0) is 19.8. The van der Waals surface area contributed by atoms with Crippen molar-refractivity contribution in [3.63, 3.8) is 0 Å². The van der Waals surface area contributed by atoms with Crippen LogP contribution in [0.25, 0.3) is 22.2 Å². The number of anilines is 4. The van der Waals surface area contributed by atoms with Crippen LogP contribution in [0.3, 0.4) is 0 Å². The number of hydrogen-bond donors (Lipinski definition) is 3. The second kappa shape index (κ2) is 6.72. The van der Waals surface area contributed by atoms with Crippen molar-refractivity contribution < 1.29 is 0 Å². The highest BCUT2D eigenvalue weighted by Crippen LogP contribution is 2.32. The highest BCUT2D eigenvalue weighted by atomic mass is 16.2. The molecule has 0 amide bonds. The molecule has 0 aliphatic heterocycles. The first-order valence-electron chi connectivity index (χ1n) is 9.03. The molecule has 5 aromatic rings. The van der Waals surface area contributed by atoms with E-state index >= 15 is 0 Å². The zero-order valence-corrected chi connectivity index (χ0v) is 15.1. The van der Waals surface area contributed by atoms with Crippen LogP contribution in [-0.2, 0) is 0 Å². The summed E-state index contributed by atoms with van der Waals surface area (Å²) in [6.07, 6.45) is 0. The third-order valence-corrected chi connectivity index (χ3v) is 4.79. The number of fused-ring (bicyclic) bond motifs is 1. The van der Waals surface area contributed by atoms with Gasteiger partial charge in [0.1, 0.15) is 22.4 Å². The summed E-state index contributed by atoms with van der Waals surface area (Å²) in [5.74, 6) is 0. The SMILES string of the molecule is O=c1c(Nc2ccccc2-c2ccccc2)c(Nc2cccc3n[nH]nc23)c1=O. The lowest BCUT2D eigenvalue weighted by Gasteiger charge is -2.17. The molecule has 0 saturated heterocycles. The first-order valence-corrected chi connectivity index (χ1v) is 9.03. The van der Waals surface area contributed by atoms with Gasteiger partial charge in [0.05, 0.1) is 5.69 Å². The van der Waals surface area contributed by atoms with Crippen molar-refractivity contribution >= 4 is 33.8 Å². The number of rotatable bonds is 5. The van der Waals surface area contributed by atoms with Crippen LogP contribution < -0.4 is 21.5 Å². The first-order chi connectivity index (χ1) is 14.2. The Balaban J connectivity index is 1.52. The summed E-state index contributed by atoms with van der Waals surface area (Å²) in [7, 11) is 0. The summed E-state index contributed by atoms with van der Waals surface area (Å²) < 4.78 is 0. The Hall–Kier alpha value is -4.26. The number of hydrogen-bond acceptors (Lipinski definition) is 6. The maximum Gasteiger partial charge on any atom is 0.253 e. The van der Waals surface area contributed by atoms with Gasteiger partial charge in [0.2, 0.25) is 0 Å². The number of nitrogens with one attached hydrogen (secondary N) is 3. The molecule has 5 rings (SSSR count). The molecule has 0 radical (unpaired) electrons. The second-order valence-corrected chi connectivity index (χ2v) is 6.57. The molecule has 0 spiro atoms. The molecule has 7 nitrogen and oxygen atoms in total. The molecular formula is C22H15N5O2. The van der Waals surface area contributed by atoms with Crippen LogP contribution in [0.15, 0.2) is 82.4 Å². The van der Waals surface area contributed by atoms with Crippen LogP contribution in [0, 0.1) is 0 Å². The summed E-state index contributed by atoms with van der Waals surface area (Å²) in [4.78, 5) is 24.5. The van der Waals surface area contributed by atoms with Gasteiger partial charge in [0, 0.05) is 11.3 Å². The van der Waals surface area contributed by atoms with Gasteiger partial charge in [-0.25, -0.2) is 0 Å². The predicted molar refractivity (Wildman–Crippen MR) is 114 cm³/mol. The van der Waals surface area contributed by atoms with Gasteiger partial charge in [-0.2, -0.15) is 15.4 Å². The first kappa shape index (κ1) is 16.9. The zero-order valence-electron chi connectivity index (χ0n) is 15.1. The number of nitrogens with zero attached hydrogens (tertiary/aromatic N) is 2. The minimum absolute atomic E-state index is 0.216. The largest absolute Gasteiger partial charge is 0.350 e. The van der Waals surface area contributed by atoms with Gasteiger partial charge in [0.15, 0.2) is 0 Å². The molecule has 3 N–H and O–H groups in total. The third kappa shape index (κ3) is 2.85. The monoisotopic (exact) mass is 381 g/mol. The fraction of sp³-hybridized carbons (Fsp3) is 0. The summed E-state index contributed by atoms with van der Waals surface area (Å²) in [6.45, 7) is 0. The fourth-order valence-corrected chi connectivity index (χ4v) is 3.33. The summed E-state index contributed by atoms with van der Waals surface area (Å²) in [6, 6.07) is 22.9. The van der Waals surface area contributed by atoms with E-state index in [-0.39, 0.29) is 11.4 Å². The Kier molecular flexibility index (Phi) is 3.91.